The van der Waals surface area contributed by atoms with Gasteiger partial charge < -0.3 is 4.74 Å². The molecule has 98 valence electrons. The van der Waals surface area contributed by atoms with E-state index in [0.717, 1.165) is 19.0 Å². The second kappa shape index (κ2) is 5.85. The average Bonchev–Trinajstić information content (AvgIpc) is 3.16. The van der Waals surface area contributed by atoms with E-state index in [1.165, 1.54) is 45.6 Å². The molecule has 2 aliphatic rings. The summed E-state index contributed by atoms with van der Waals surface area (Å²) in [7, 11) is 1.52. The van der Waals surface area contributed by atoms with Crippen molar-refractivity contribution in [2.45, 2.75) is 51.5 Å². The molecule has 0 bridgehead atoms. The number of likely N-dealkylation sites (tertiary alicyclic amines) is 1. The fourth-order valence-electron chi connectivity index (χ4n) is 3.05. The van der Waals surface area contributed by atoms with Gasteiger partial charge in [-0.1, -0.05) is 13.3 Å². The van der Waals surface area contributed by atoms with Crippen LogP contribution >= 0.6 is 0 Å². The van der Waals surface area contributed by atoms with Crippen LogP contribution in [0.4, 0.5) is 0 Å². The van der Waals surface area contributed by atoms with Crippen LogP contribution in [0.15, 0.2) is 0 Å². The summed E-state index contributed by atoms with van der Waals surface area (Å²) in [5.74, 6) is 1.42. The lowest BCUT2D eigenvalue weighted by molar-refractivity contribution is -0.147. The van der Waals surface area contributed by atoms with Crippen molar-refractivity contribution in [2.75, 3.05) is 20.2 Å². The van der Waals surface area contributed by atoms with Gasteiger partial charge >= 0.3 is 5.97 Å². The second-order valence-electron chi connectivity index (χ2n) is 5.55. The van der Waals surface area contributed by atoms with Gasteiger partial charge in [0.25, 0.3) is 0 Å². The van der Waals surface area contributed by atoms with E-state index in [4.69, 9.17) is 4.74 Å². The zero-order valence-electron chi connectivity index (χ0n) is 11.2. The van der Waals surface area contributed by atoms with Crippen LogP contribution in [0.3, 0.4) is 0 Å². The summed E-state index contributed by atoms with van der Waals surface area (Å²) < 4.78 is 4.98. The number of esters is 1. The molecule has 3 nitrogen and oxygen atoms in total. The Kier molecular flexibility index (Phi) is 4.43. The molecule has 0 radical (unpaired) electrons. The maximum atomic E-state index is 11.9. The predicted molar refractivity (Wildman–Crippen MR) is 67.7 cm³/mol. The normalized spacial score (nSPS) is 28.5. The minimum absolute atomic E-state index is 0.0116. The Morgan fingerprint density at radius 2 is 2.06 bits per heavy atom. The molecule has 17 heavy (non-hydrogen) atoms. The molecule has 2 rings (SSSR count). The zero-order valence-corrected chi connectivity index (χ0v) is 11.2. The third-order valence-corrected chi connectivity index (χ3v) is 4.36. The van der Waals surface area contributed by atoms with Crippen molar-refractivity contribution in [3.63, 3.8) is 0 Å². The summed E-state index contributed by atoms with van der Waals surface area (Å²) in [4.78, 5) is 14.3. The van der Waals surface area contributed by atoms with Gasteiger partial charge in [0.1, 0.15) is 6.04 Å². The number of hydrogen-bond acceptors (Lipinski definition) is 3. The number of carbonyl (C=O) groups excluding carboxylic acids is 1. The first kappa shape index (κ1) is 12.9. The summed E-state index contributed by atoms with van der Waals surface area (Å²) in [5, 5.41) is 0. The molecule has 1 saturated heterocycles. The first-order chi connectivity index (χ1) is 8.26. The number of carbonyl (C=O) groups is 1. The first-order valence-corrected chi connectivity index (χ1v) is 7.08. The van der Waals surface area contributed by atoms with E-state index in [9.17, 15) is 4.79 Å². The molecule has 2 atom stereocenters. The van der Waals surface area contributed by atoms with Gasteiger partial charge in [0.2, 0.25) is 0 Å². The molecular weight excluding hydrogens is 214 g/mol. The van der Waals surface area contributed by atoms with Crippen LogP contribution in [0.1, 0.15) is 45.4 Å². The Balaban J connectivity index is 1.96. The van der Waals surface area contributed by atoms with Crippen LogP contribution < -0.4 is 0 Å². The van der Waals surface area contributed by atoms with Crippen molar-refractivity contribution in [1.82, 2.24) is 4.90 Å². The van der Waals surface area contributed by atoms with Crippen LogP contribution in [0.5, 0.6) is 0 Å². The number of hydrogen-bond donors (Lipinski definition) is 0. The molecule has 0 N–H and O–H groups in total. The highest BCUT2D eigenvalue weighted by atomic mass is 16.5. The van der Waals surface area contributed by atoms with Crippen molar-refractivity contribution in [3.8, 4) is 0 Å². The van der Waals surface area contributed by atoms with Crippen molar-refractivity contribution < 1.29 is 9.53 Å². The third-order valence-electron chi connectivity index (χ3n) is 4.36. The molecule has 1 heterocycles. The highest BCUT2D eigenvalue weighted by molar-refractivity contribution is 5.76. The lowest BCUT2D eigenvalue weighted by Gasteiger charge is -2.28. The Morgan fingerprint density at radius 1 is 1.29 bits per heavy atom. The highest BCUT2D eigenvalue weighted by Crippen LogP contribution is 2.37. The Hall–Kier alpha value is -0.570. The van der Waals surface area contributed by atoms with Crippen LogP contribution in [-0.4, -0.2) is 37.1 Å². The summed E-state index contributed by atoms with van der Waals surface area (Å²) in [5.41, 5.74) is 0. The molecular formula is C14H25NO2. The van der Waals surface area contributed by atoms with Crippen LogP contribution in [0, 0.1) is 11.8 Å². The SMILES string of the molecule is CCC1CCCN(C(C(=O)OC)C2CC2)CC1. The van der Waals surface area contributed by atoms with Crippen molar-refractivity contribution in [3.05, 3.63) is 0 Å². The largest absolute Gasteiger partial charge is 0.468 e. The molecule has 1 saturated carbocycles. The smallest absolute Gasteiger partial charge is 0.323 e. The lowest BCUT2D eigenvalue weighted by Crippen LogP contribution is -2.44. The van der Waals surface area contributed by atoms with E-state index < -0.39 is 0 Å². The number of methoxy groups -OCH3 is 1. The third kappa shape index (κ3) is 3.21. The molecule has 0 spiro atoms. The molecule has 1 aliphatic carbocycles. The number of nitrogens with zero attached hydrogens (tertiary/aromatic N) is 1. The molecule has 0 aromatic rings. The molecule has 2 unspecified atom stereocenters. The Bertz CT molecular complexity index is 263. The fourth-order valence-corrected chi connectivity index (χ4v) is 3.05. The Labute approximate surface area is 105 Å². The van der Waals surface area contributed by atoms with Crippen molar-refractivity contribution in [2.24, 2.45) is 11.8 Å². The maximum absolute atomic E-state index is 11.9. The zero-order chi connectivity index (χ0) is 12.3. The van der Waals surface area contributed by atoms with E-state index in [0.29, 0.717) is 5.92 Å². The number of rotatable bonds is 4. The quantitative estimate of drug-likeness (QED) is 0.706. The second-order valence-corrected chi connectivity index (χ2v) is 5.55. The fraction of sp³-hybridized carbons (Fsp3) is 0.929. The summed E-state index contributed by atoms with van der Waals surface area (Å²) in [6.07, 6.45) is 7.49. The minimum Gasteiger partial charge on any atom is -0.468 e. The van der Waals surface area contributed by atoms with Gasteiger partial charge in [-0.15, -0.1) is 0 Å². The van der Waals surface area contributed by atoms with Crippen LogP contribution in [0.2, 0.25) is 0 Å². The van der Waals surface area contributed by atoms with Crippen LogP contribution in [-0.2, 0) is 9.53 Å². The molecule has 2 fully saturated rings. The first-order valence-electron chi connectivity index (χ1n) is 7.08. The summed E-state index contributed by atoms with van der Waals surface area (Å²) in [6.45, 7) is 4.43. The van der Waals surface area contributed by atoms with Gasteiger partial charge in [-0.3, -0.25) is 9.69 Å². The van der Waals surface area contributed by atoms with Gasteiger partial charge in [-0.2, -0.15) is 0 Å². The van der Waals surface area contributed by atoms with E-state index in [-0.39, 0.29) is 12.0 Å². The Morgan fingerprint density at radius 3 is 2.65 bits per heavy atom. The van der Waals surface area contributed by atoms with Gasteiger partial charge in [-0.05, 0) is 57.0 Å². The molecule has 0 amide bonds. The maximum Gasteiger partial charge on any atom is 0.323 e. The van der Waals surface area contributed by atoms with Crippen LogP contribution in [0.25, 0.3) is 0 Å². The molecule has 3 heteroatoms. The minimum atomic E-state index is -0.0116. The van der Waals surface area contributed by atoms with E-state index in [2.05, 4.69) is 11.8 Å². The van der Waals surface area contributed by atoms with Crippen molar-refractivity contribution in [1.29, 1.82) is 0 Å². The van der Waals surface area contributed by atoms with E-state index in [1.807, 2.05) is 0 Å². The van der Waals surface area contributed by atoms with E-state index >= 15 is 0 Å². The highest BCUT2D eigenvalue weighted by Gasteiger charge is 2.41. The molecule has 1 aliphatic heterocycles. The van der Waals surface area contributed by atoms with Gasteiger partial charge in [0.15, 0.2) is 0 Å². The van der Waals surface area contributed by atoms with Gasteiger partial charge in [0, 0.05) is 0 Å². The summed E-state index contributed by atoms with van der Waals surface area (Å²) in [6, 6.07) is 0.0515. The molecule has 0 aromatic heterocycles. The van der Waals surface area contributed by atoms with Gasteiger partial charge in [-0.25, -0.2) is 0 Å². The summed E-state index contributed by atoms with van der Waals surface area (Å²) >= 11 is 0. The number of ether oxygens (including phenoxy) is 1. The average molecular weight is 239 g/mol. The monoisotopic (exact) mass is 239 g/mol. The molecule has 0 aromatic carbocycles. The lowest BCUT2D eigenvalue weighted by atomic mass is 9.98. The standard InChI is InChI=1S/C14H25NO2/c1-3-11-5-4-9-15(10-8-11)13(12-6-7-12)14(16)17-2/h11-13H,3-10H2,1-2H3. The van der Waals surface area contributed by atoms with Crippen molar-refractivity contribution >= 4 is 5.97 Å². The van der Waals surface area contributed by atoms with E-state index in [1.54, 1.807) is 0 Å². The van der Waals surface area contributed by atoms with Gasteiger partial charge in [0.05, 0.1) is 7.11 Å². The predicted octanol–water partition coefficient (Wildman–Crippen LogP) is 2.45. The topological polar surface area (TPSA) is 29.5 Å².